The lowest BCUT2D eigenvalue weighted by molar-refractivity contribution is 0.0998. The van der Waals surface area contributed by atoms with E-state index < -0.39 is 0 Å². The summed E-state index contributed by atoms with van der Waals surface area (Å²) in [6.45, 7) is 8.29. The third-order valence-corrected chi connectivity index (χ3v) is 5.61. The van der Waals surface area contributed by atoms with Crippen molar-refractivity contribution in [3.05, 3.63) is 40.1 Å². The SMILES string of the molecule is CCc1ccc2oc(C(=O)Nc3nnc(C(CC)CC)s3)c(C)c2c1. The van der Waals surface area contributed by atoms with Gasteiger partial charge in [0.2, 0.25) is 5.13 Å². The third kappa shape index (κ3) is 3.44. The van der Waals surface area contributed by atoms with Crippen molar-refractivity contribution in [2.45, 2.75) is 52.9 Å². The second kappa shape index (κ2) is 7.35. The van der Waals surface area contributed by atoms with E-state index in [0.717, 1.165) is 40.8 Å². The van der Waals surface area contributed by atoms with Gasteiger partial charge >= 0.3 is 0 Å². The fourth-order valence-electron chi connectivity index (χ4n) is 2.95. The Kier molecular flexibility index (Phi) is 5.18. The predicted molar refractivity (Wildman–Crippen MR) is 102 cm³/mol. The molecule has 0 aliphatic heterocycles. The molecular formula is C19H23N3O2S. The molecule has 0 saturated carbocycles. The van der Waals surface area contributed by atoms with Crippen molar-refractivity contribution < 1.29 is 9.21 Å². The molecule has 1 N–H and O–H groups in total. The number of amides is 1. The summed E-state index contributed by atoms with van der Waals surface area (Å²) in [4.78, 5) is 12.6. The lowest BCUT2D eigenvalue weighted by Crippen LogP contribution is -2.11. The fraction of sp³-hybridized carbons (Fsp3) is 0.421. The van der Waals surface area contributed by atoms with E-state index in [4.69, 9.17) is 4.42 Å². The topological polar surface area (TPSA) is 68.0 Å². The molecule has 0 radical (unpaired) electrons. The van der Waals surface area contributed by atoms with Gasteiger partial charge in [0.05, 0.1) is 0 Å². The number of rotatable bonds is 6. The average Bonchev–Trinajstić information content (AvgIpc) is 3.21. The first kappa shape index (κ1) is 17.6. The Balaban J connectivity index is 1.84. The number of furan rings is 1. The van der Waals surface area contributed by atoms with E-state index in [9.17, 15) is 4.79 Å². The summed E-state index contributed by atoms with van der Waals surface area (Å²) in [5.74, 6) is 0.449. The first-order valence-corrected chi connectivity index (χ1v) is 9.55. The first-order chi connectivity index (χ1) is 12.1. The molecule has 132 valence electrons. The van der Waals surface area contributed by atoms with Crippen LogP contribution < -0.4 is 5.32 Å². The molecule has 0 aliphatic rings. The van der Waals surface area contributed by atoms with E-state index >= 15 is 0 Å². The van der Waals surface area contributed by atoms with Crippen LogP contribution in [0.5, 0.6) is 0 Å². The summed E-state index contributed by atoms with van der Waals surface area (Å²) in [5, 5.41) is 13.6. The zero-order chi connectivity index (χ0) is 18.0. The number of hydrogen-bond donors (Lipinski definition) is 1. The van der Waals surface area contributed by atoms with E-state index in [1.165, 1.54) is 16.9 Å². The maximum Gasteiger partial charge on any atom is 0.293 e. The number of anilines is 1. The maximum atomic E-state index is 12.6. The van der Waals surface area contributed by atoms with Crippen LogP contribution in [0, 0.1) is 6.92 Å². The smallest absolute Gasteiger partial charge is 0.293 e. The van der Waals surface area contributed by atoms with Crippen LogP contribution in [0.3, 0.4) is 0 Å². The highest BCUT2D eigenvalue weighted by molar-refractivity contribution is 7.15. The number of fused-ring (bicyclic) bond motifs is 1. The molecule has 0 unspecified atom stereocenters. The molecule has 1 aromatic carbocycles. The number of aryl methyl sites for hydroxylation is 2. The van der Waals surface area contributed by atoms with Crippen molar-refractivity contribution in [3.63, 3.8) is 0 Å². The van der Waals surface area contributed by atoms with Gasteiger partial charge in [0, 0.05) is 16.9 Å². The van der Waals surface area contributed by atoms with E-state index in [0.29, 0.717) is 16.8 Å². The van der Waals surface area contributed by atoms with Gasteiger partial charge in [-0.3, -0.25) is 10.1 Å². The molecule has 6 heteroatoms. The Hall–Kier alpha value is -2.21. The van der Waals surface area contributed by atoms with Gasteiger partial charge in [0.25, 0.3) is 5.91 Å². The maximum absolute atomic E-state index is 12.6. The summed E-state index contributed by atoms with van der Waals surface area (Å²) in [6, 6.07) is 6.04. The molecule has 0 aliphatic carbocycles. The molecule has 0 fully saturated rings. The predicted octanol–water partition coefficient (Wildman–Crippen LogP) is 5.31. The minimum absolute atomic E-state index is 0.279. The Morgan fingerprint density at radius 1 is 1.24 bits per heavy atom. The molecule has 0 spiro atoms. The molecule has 3 rings (SSSR count). The van der Waals surface area contributed by atoms with Crippen molar-refractivity contribution in [1.29, 1.82) is 0 Å². The summed E-state index contributed by atoms with van der Waals surface area (Å²) in [5.41, 5.74) is 2.81. The molecule has 0 saturated heterocycles. The molecule has 0 atom stereocenters. The van der Waals surface area contributed by atoms with E-state index in [2.05, 4.69) is 42.4 Å². The Morgan fingerprint density at radius 3 is 2.68 bits per heavy atom. The van der Waals surface area contributed by atoms with Gasteiger partial charge in [-0.05, 0) is 43.9 Å². The van der Waals surface area contributed by atoms with Crippen LogP contribution in [0.15, 0.2) is 22.6 Å². The molecule has 3 aromatic rings. The number of hydrogen-bond acceptors (Lipinski definition) is 5. The van der Waals surface area contributed by atoms with E-state index in [-0.39, 0.29) is 5.91 Å². The summed E-state index contributed by atoms with van der Waals surface area (Å²) in [7, 11) is 0. The first-order valence-electron chi connectivity index (χ1n) is 8.74. The highest BCUT2D eigenvalue weighted by Crippen LogP contribution is 2.30. The van der Waals surface area contributed by atoms with Gasteiger partial charge in [-0.25, -0.2) is 0 Å². The third-order valence-electron chi connectivity index (χ3n) is 4.61. The zero-order valence-corrected chi connectivity index (χ0v) is 15.9. The Bertz CT molecular complexity index is 893. The molecule has 2 aromatic heterocycles. The Labute approximate surface area is 151 Å². The monoisotopic (exact) mass is 357 g/mol. The van der Waals surface area contributed by atoms with Crippen molar-refractivity contribution in [1.82, 2.24) is 10.2 Å². The van der Waals surface area contributed by atoms with Crippen LogP contribution in [-0.4, -0.2) is 16.1 Å². The molecule has 2 heterocycles. The van der Waals surface area contributed by atoms with Crippen LogP contribution in [0.25, 0.3) is 11.0 Å². The Morgan fingerprint density at radius 2 is 2.00 bits per heavy atom. The van der Waals surface area contributed by atoms with Gasteiger partial charge in [-0.15, -0.1) is 10.2 Å². The van der Waals surface area contributed by atoms with Gasteiger partial charge in [-0.2, -0.15) is 0 Å². The number of benzene rings is 1. The highest BCUT2D eigenvalue weighted by Gasteiger charge is 2.20. The van der Waals surface area contributed by atoms with Gasteiger partial charge in [0.15, 0.2) is 5.76 Å². The zero-order valence-electron chi connectivity index (χ0n) is 15.0. The van der Waals surface area contributed by atoms with Crippen molar-refractivity contribution in [3.8, 4) is 0 Å². The lowest BCUT2D eigenvalue weighted by Gasteiger charge is -2.05. The van der Waals surface area contributed by atoms with Crippen LogP contribution in [0.4, 0.5) is 5.13 Å². The quantitative estimate of drug-likeness (QED) is 0.649. The fourth-order valence-corrected chi connectivity index (χ4v) is 3.95. The number of carbonyl (C=O) groups is 1. The van der Waals surface area contributed by atoms with Crippen LogP contribution in [-0.2, 0) is 6.42 Å². The molecule has 1 amide bonds. The van der Waals surface area contributed by atoms with Crippen LogP contribution in [0.1, 0.15) is 66.2 Å². The highest BCUT2D eigenvalue weighted by atomic mass is 32.1. The average molecular weight is 357 g/mol. The van der Waals surface area contributed by atoms with Crippen molar-refractivity contribution >= 4 is 33.3 Å². The minimum Gasteiger partial charge on any atom is -0.451 e. The minimum atomic E-state index is -0.279. The van der Waals surface area contributed by atoms with Gasteiger partial charge in [-0.1, -0.05) is 38.2 Å². The van der Waals surface area contributed by atoms with E-state index in [1.807, 2.05) is 19.1 Å². The molecule has 5 nitrogen and oxygen atoms in total. The van der Waals surface area contributed by atoms with Crippen molar-refractivity contribution in [2.24, 2.45) is 0 Å². The number of nitrogens with one attached hydrogen (secondary N) is 1. The largest absolute Gasteiger partial charge is 0.451 e. The molecule has 25 heavy (non-hydrogen) atoms. The van der Waals surface area contributed by atoms with Gasteiger partial charge < -0.3 is 4.42 Å². The van der Waals surface area contributed by atoms with E-state index in [1.54, 1.807) is 0 Å². The molecule has 0 bridgehead atoms. The number of aromatic nitrogens is 2. The molecular weight excluding hydrogens is 334 g/mol. The van der Waals surface area contributed by atoms with Crippen molar-refractivity contribution in [2.75, 3.05) is 5.32 Å². The number of nitrogens with zero attached hydrogens (tertiary/aromatic N) is 2. The van der Waals surface area contributed by atoms with Crippen LogP contribution in [0.2, 0.25) is 0 Å². The van der Waals surface area contributed by atoms with Crippen LogP contribution >= 0.6 is 11.3 Å². The number of carbonyl (C=O) groups excluding carboxylic acids is 1. The summed E-state index contributed by atoms with van der Waals surface area (Å²) >= 11 is 1.44. The lowest BCUT2D eigenvalue weighted by atomic mass is 10.1. The van der Waals surface area contributed by atoms with Gasteiger partial charge in [0.1, 0.15) is 10.6 Å². The summed E-state index contributed by atoms with van der Waals surface area (Å²) in [6.07, 6.45) is 2.98. The standard InChI is InChI=1S/C19H23N3O2S/c1-5-12-8-9-15-14(10-12)11(4)16(24-15)17(23)20-19-22-21-18(25-19)13(6-2)7-3/h8-10,13H,5-7H2,1-4H3,(H,20,22,23). The second-order valence-corrected chi connectivity index (χ2v) is 7.16. The normalized spacial score (nSPS) is 11.4. The summed E-state index contributed by atoms with van der Waals surface area (Å²) < 4.78 is 5.77. The second-order valence-electron chi connectivity index (χ2n) is 6.15.